The molecule has 0 aliphatic heterocycles. The van der Waals surface area contributed by atoms with Crippen molar-refractivity contribution in [2.75, 3.05) is 5.33 Å². The summed E-state index contributed by atoms with van der Waals surface area (Å²) in [5.74, 6) is 5.73. The number of hydrogen-bond acceptors (Lipinski definition) is 2. The lowest BCUT2D eigenvalue weighted by atomic mass is 10.1. The Bertz CT molecular complexity index is 703. The molecular formula is C11H7BrN2O2. The van der Waals surface area contributed by atoms with Crippen LogP contribution in [-0.2, 0) is 0 Å². The maximum atomic E-state index is 11.5. The molecule has 0 bridgehead atoms. The van der Waals surface area contributed by atoms with E-state index >= 15 is 0 Å². The molecule has 0 spiro atoms. The topological polar surface area (TPSA) is 65.7 Å². The second-order valence-corrected chi connectivity index (χ2v) is 3.66. The number of rotatable bonds is 0. The SMILES string of the molecule is O=c1[nH]c(=O)c2cc(C#CCBr)ccc2[nH]1. The third-order valence-electron chi connectivity index (χ3n) is 2.04. The predicted octanol–water partition coefficient (Wildman–Crippen LogP) is 0.963. The fourth-order valence-electron chi connectivity index (χ4n) is 1.38. The third-order valence-corrected chi connectivity index (χ3v) is 2.32. The number of aromatic amines is 2. The minimum Gasteiger partial charge on any atom is -0.307 e. The van der Waals surface area contributed by atoms with Crippen molar-refractivity contribution in [3.63, 3.8) is 0 Å². The number of H-pyrrole nitrogens is 2. The summed E-state index contributed by atoms with van der Waals surface area (Å²) < 4.78 is 0. The summed E-state index contributed by atoms with van der Waals surface area (Å²) >= 11 is 3.19. The van der Waals surface area contributed by atoms with Gasteiger partial charge in [0.15, 0.2) is 0 Å². The van der Waals surface area contributed by atoms with Gasteiger partial charge in [0.05, 0.1) is 16.2 Å². The van der Waals surface area contributed by atoms with Gasteiger partial charge in [-0.2, -0.15) is 0 Å². The first-order valence-corrected chi connectivity index (χ1v) is 5.64. The van der Waals surface area contributed by atoms with Gasteiger partial charge in [-0.1, -0.05) is 27.8 Å². The highest BCUT2D eigenvalue weighted by atomic mass is 79.9. The van der Waals surface area contributed by atoms with Crippen molar-refractivity contribution in [2.24, 2.45) is 0 Å². The van der Waals surface area contributed by atoms with E-state index in [0.717, 1.165) is 5.56 Å². The Morgan fingerprint density at radius 1 is 1.25 bits per heavy atom. The Labute approximate surface area is 98.8 Å². The number of halogens is 1. The van der Waals surface area contributed by atoms with E-state index in [1.54, 1.807) is 18.2 Å². The Balaban J connectivity index is 2.71. The van der Waals surface area contributed by atoms with Crippen LogP contribution in [0.4, 0.5) is 0 Å². The van der Waals surface area contributed by atoms with Crippen LogP contribution in [0.2, 0.25) is 0 Å². The van der Waals surface area contributed by atoms with Crippen LogP contribution in [0.15, 0.2) is 27.8 Å². The quantitative estimate of drug-likeness (QED) is 0.557. The summed E-state index contributed by atoms with van der Waals surface area (Å²) in [4.78, 5) is 27.2. The zero-order valence-corrected chi connectivity index (χ0v) is 9.72. The molecule has 0 atom stereocenters. The van der Waals surface area contributed by atoms with Crippen LogP contribution in [-0.4, -0.2) is 15.3 Å². The van der Waals surface area contributed by atoms with Gasteiger partial charge in [0.25, 0.3) is 5.56 Å². The number of alkyl halides is 1. The largest absolute Gasteiger partial charge is 0.326 e. The van der Waals surface area contributed by atoms with Crippen LogP contribution in [0.1, 0.15) is 5.56 Å². The van der Waals surface area contributed by atoms with E-state index in [9.17, 15) is 9.59 Å². The third kappa shape index (κ3) is 2.07. The van der Waals surface area contributed by atoms with E-state index in [1.165, 1.54) is 0 Å². The van der Waals surface area contributed by atoms with Crippen LogP contribution >= 0.6 is 15.9 Å². The molecule has 4 nitrogen and oxygen atoms in total. The summed E-state index contributed by atoms with van der Waals surface area (Å²) in [5.41, 5.74) is 0.348. The van der Waals surface area contributed by atoms with Crippen molar-refractivity contribution in [3.05, 3.63) is 44.6 Å². The molecule has 0 amide bonds. The van der Waals surface area contributed by atoms with E-state index in [0.29, 0.717) is 16.2 Å². The summed E-state index contributed by atoms with van der Waals surface area (Å²) in [7, 11) is 0. The van der Waals surface area contributed by atoms with Gasteiger partial charge in [-0.05, 0) is 18.2 Å². The van der Waals surface area contributed by atoms with E-state index in [2.05, 4.69) is 37.7 Å². The molecule has 2 rings (SSSR count). The molecule has 0 fully saturated rings. The van der Waals surface area contributed by atoms with Crippen molar-refractivity contribution in [1.82, 2.24) is 9.97 Å². The minimum atomic E-state index is -0.503. The molecule has 1 aromatic carbocycles. The molecule has 5 heteroatoms. The number of benzene rings is 1. The molecule has 1 heterocycles. The Hall–Kier alpha value is -1.80. The van der Waals surface area contributed by atoms with Gasteiger partial charge in [0.2, 0.25) is 0 Å². The molecule has 0 aliphatic rings. The average molecular weight is 279 g/mol. The highest BCUT2D eigenvalue weighted by Crippen LogP contribution is 2.07. The molecule has 0 unspecified atom stereocenters. The van der Waals surface area contributed by atoms with Crippen LogP contribution < -0.4 is 11.2 Å². The second kappa shape index (κ2) is 4.37. The summed E-state index contributed by atoms with van der Waals surface area (Å²) in [6.45, 7) is 0. The van der Waals surface area contributed by atoms with Crippen molar-refractivity contribution < 1.29 is 0 Å². The minimum absolute atomic E-state index is 0.402. The van der Waals surface area contributed by atoms with Gasteiger partial charge in [-0.25, -0.2) is 4.79 Å². The first-order chi connectivity index (χ1) is 7.70. The van der Waals surface area contributed by atoms with E-state index in [4.69, 9.17) is 0 Å². The van der Waals surface area contributed by atoms with E-state index in [-0.39, 0.29) is 0 Å². The number of aromatic nitrogens is 2. The highest BCUT2D eigenvalue weighted by molar-refractivity contribution is 9.09. The molecule has 0 saturated heterocycles. The fraction of sp³-hybridized carbons (Fsp3) is 0.0909. The predicted molar refractivity (Wildman–Crippen MR) is 65.9 cm³/mol. The lowest BCUT2D eigenvalue weighted by molar-refractivity contribution is 1.08. The molecule has 1 aromatic heterocycles. The highest BCUT2D eigenvalue weighted by Gasteiger charge is 2.00. The van der Waals surface area contributed by atoms with Crippen LogP contribution in [0, 0.1) is 11.8 Å². The van der Waals surface area contributed by atoms with Gasteiger partial charge >= 0.3 is 5.69 Å². The first-order valence-electron chi connectivity index (χ1n) is 4.52. The zero-order chi connectivity index (χ0) is 11.5. The Morgan fingerprint density at radius 3 is 2.81 bits per heavy atom. The summed E-state index contributed by atoms with van der Waals surface area (Å²) in [5, 5.41) is 1.01. The van der Waals surface area contributed by atoms with Crippen LogP contribution in [0.5, 0.6) is 0 Å². The monoisotopic (exact) mass is 278 g/mol. The second-order valence-electron chi connectivity index (χ2n) is 3.10. The number of nitrogens with one attached hydrogen (secondary N) is 2. The van der Waals surface area contributed by atoms with Gasteiger partial charge in [0, 0.05) is 5.56 Å². The van der Waals surface area contributed by atoms with Crippen molar-refractivity contribution in [1.29, 1.82) is 0 Å². The number of fused-ring (bicyclic) bond motifs is 1. The van der Waals surface area contributed by atoms with Crippen LogP contribution in [0.25, 0.3) is 10.9 Å². The van der Waals surface area contributed by atoms with Crippen molar-refractivity contribution in [3.8, 4) is 11.8 Å². The maximum Gasteiger partial charge on any atom is 0.326 e. The maximum absolute atomic E-state index is 11.5. The Kier molecular flexibility index (Phi) is 2.93. The van der Waals surface area contributed by atoms with E-state index < -0.39 is 11.2 Å². The standard InChI is InChI=1S/C11H7BrN2O2/c12-5-1-2-7-3-4-9-8(6-7)10(15)14-11(16)13-9/h3-4,6H,5H2,(H2,13,14,15,16). The molecule has 80 valence electrons. The molecule has 0 radical (unpaired) electrons. The van der Waals surface area contributed by atoms with Gasteiger partial charge < -0.3 is 4.98 Å². The summed E-state index contributed by atoms with van der Waals surface area (Å²) in [6.07, 6.45) is 0. The van der Waals surface area contributed by atoms with Crippen LogP contribution in [0.3, 0.4) is 0 Å². The average Bonchev–Trinajstić information content (AvgIpc) is 2.26. The number of hydrogen-bond donors (Lipinski definition) is 2. The first kappa shape index (κ1) is 10.7. The van der Waals surface area contributed by atoms with Crippen molar-refractivity contribution in [2.45, 2.75) is 0 Å². The fourth-order valence-corrected chi connectivity index (χ4v) is 1.52. The van der Waals surface area contributed by atoms with E-state index in [1.807, 2.05) is 0 Å². The molecule has 2 aromatic rings. The Morgan fingerprint density at radius 2 is 2.06 bits per heavy atom. The smallest absolute Gasteiger partial charge is 0.307 e. The lowest BCUT2D eigenvalue weighted by Crippen LogP contribution is -2.21. The van der Waals surface area contributed by atoms with Crippen molar-refractivity contribution >= 4 is 26.8 Å². The molecule has 16 heavy (non-hydrogen) atoms. The summed E-state index contributed by atoms with van der Waals surface area (Å²) in [6, 6.07) is 5.08. The van der Waals surface area contributed by atoms with Gasteiger partial charge in [-0.15, -0.1) is 0 Å². The lowest BCUT2D eigenvalue weighted by Gasteiger charge is -1.96. The normalized spacial score (nSPS) is 9.81. The van der Waals surface area contributed by atoms with Gasteiger partial charge in [-0.3, -0.25) is 9.78 Å². The molecule has 2 N–H and O–H groups in total. The molecular weight excluding hydrogens is 272 g/mol. The van der Waals surface area contributed by atoms with Gasteiger partial charge in [0.1, 0.15) is 0 Å². The molecule has 0 aliphatic carbocycles. The molecule has 0 saturated carbocycles. The zero-order valence-electron chi connectivity index (χ0n) is 8.13.